The summed E-state index contributed by atoms with van der Waals surface area (Å²) in [6, 6.07) is 14.6. The van der Waals surface area contributed by atoms with Crippen LogP contribution in [0.15, 0.2) is 48.5 Å². The number of tetrazole rings is 1. The SMILES string of the molecule is CCC(=O)N(Cc1ccc(-c2ccccc2-c2nn[nH]n2)cc1)[C@H](C(=O)O)C(C)C. The van der Waals surface area contributed by atoms with E-state index in [9.17, 15) is 14.7 Å². The van der Waals surface area contributed by atoms with Gasteiger partial charge in [-0.15, -0.1) is 10.2 Å². The van der Waals surface area contributed by atoms with Gasteiger partial charge in [-0.05, 0) is 27.8 Å². The van der Waals surface area contributed by atoms with Gasteiger partial charge in [0.2, 0.25) is 11.7 Å². The number of H-pyrrole nitrogens is 1. The first-order valence-corrected chi connectivity index (χ1v) is 9.86. The van der Waals surface area contributed by atoms with E-state index in [1.54, 1.807) is 6.92 Å². The minimum Gasteiger partial charge on any atom is -0.480 e. The van der Waals surface area contributed by atoms with Gasteiger partial charge in [0.05, 0.1) is 0 Å². The van der Waals surface area contributed by atoms with E-state index in [1.807, 2.05) is 62.4 Å². The summed E-state index contributed by atoms with van der Waals surface area (Å²) in [6.45, 7) is 5.61. The monoisotopic (exact) mass is 407 g/mol. The molecule has 1 heterocycles. The molecule has 0 saturated heterocycles. The Labute approximate surface area is 174 Å². The molecule has 1 amide bonds. The third-order valence-electron chi connectivity index (χ3n) is 4.97. The maximum absolute atomic E-state index is 12.5. The van der Waals surface area contributed by atoms with Crippen molar-refractivity contribution in [2.75, 3.05) is 0 Å². The zero-order valence-corrected chi connectivity index (χ0v) is 17.2. The third kappa shape index (κ3) is 4.53. The van der Waals surface area contributed by atoms with E-state index in [4.69, 9.17) is 0 Å². The lowest BCUT2D eigenvalue weighted by atomic mass is 9.97. The van der Waals surface area contributed by atoms with Crippen LogP contribution in [0, 0.1) is 5.92 Å². The zero-order chi connectivity index (χ0) is 21.7. The molecular weight excluding hydrogens is 382 g/mol. The first-order chi connectivity index (χ1) is 14.4. The Bertz CT molecular complexity index is 1000. The van der Waals surface area contributed by atoms with Crippen molar-refractivity contribution in [2.24, 2.45) is 5.92 Å². The number of nitrogens with zero attached hydrogens (tertiary/aromatic N) is 4. The number of aromatic amines is 1. The number of amides is 1. The van der Waals surface area contributed by atoms with Crippen LogP contribution in [0.5, 0.6) is 0 Å². The lowest BCUT2D eigenvalue weighted by Crippen LogP contribution is -2.47. The van der Waals surface area contributed by atoms with Crippen LogP contribution in [0.3, 0.4) is 0 Å². The number of hydrogen-bond donors (Lipinski definition) is 2. The summed E-state index contributed by atoms with van der Waals surface area (Å²) < 4.78 is 0. The van der Waals surface area contributed by atoms with E-state index >= 15 is 0 Å². The lowest BCUT2D eigenvalue weighted by Gasteiger charge is -2.31. The normalized spacial score (nSPS) is 12.0. The number of carbonyl (C=O) groups excluding carboxylic acids is 1. The fraction of sp³-hybridized carbons (Fsp3) is 0.318. The molecule has 30 heavy (non-hydrogen) atoms. The standard InChI is InChI=1S/C22H25N5O3/c1-4-19(28)27(20(14(2)3)22(29)30)13-15-9-11-16(12-10-15)17-7-5-6-8-18(17)21-23-25-26-24-21/h5-12,14,20H,4,13H2,1-3H3,(H,29,30)(H,23,24,25,26)/t20-/m0/s1. The Kier molecular flexibility index (Phi) is 6.56. The molecule has 1 aromatic heterocycles. The summed E-state index contributed by atoms with van der Waals surface area (Å²) in [4.78, 5) is 25.7. The van der Waals surface area contributed by atoms with Gasteiger partial charge in [-0.1, -0.05) is 69.3 Å². The summed E-state index contributed by atoms with van der Waals surface area (Å²) in [5.41, 5.74) is 3.64. The number of carbonyl (C=O) groups is 2. The van der Waals surface area contributed by atoms with E-state index < -0.39 is 12.0 Å². The second-order valence-corrected chi connectivity index (χ2v) is 7.38. The van der Waals surface area contributed by atoms with E-state index in [0.717, 1.165) is 22.3 Å². The maximum Gasteiger partial charge on any atom is 0.326 e. The molecular formula is C22H25N5O3. The Morgan fingerprint density at radius 3 is 2.27 bits per heavy atom. The van der Waals surface area contributed by atoms with Crippen molar-refractivity contribution in [1.29, 1.82) is 0 Å². The smallest absolute Gasteiger partial charge is 0.326 e. The lowest BCUT2D eigenvalue weighted by molar-refractivity contribution is -0.152. The van der Waals surface area contributed by atoms with Gasteiger partial charge in [0, 0.05) is 18.5 Å². The predicted molar refractivity (Wildman–Crippen MR) is 112 cm³/mol. The predicted octanol–water partition coefficient (Wildman–Crippen LogP) is 3.38. The number of hydrogen-bond acceptors (Lipinski definition) is 5. The third-order valence-corrected chi connectivity index (χ3v) is 4.97. The molecule has 0 aliphatic heterocycles. The second kappa shape index (κ2) is 9.30. The fourth-order valence-corrected chi connectivity index (χ4v) is 3.52. The molecule has 0 saturated carbocycles. The van der Waals surface area contributed by atoms with Crippen LogP contribution in [0.25, 0.3) is 22.5 Å². The number of carboxylic acids is 1. The van der Waals surface area contributed by atoms with Crippen LogP contribution < -0.4 is 0 Å². The zero-order valence-electron chi connectivity index (χ0n) is 17.2. The summed E-state index contributed by atoms with van der Waals surface area (Å²) in [5, 5.41) is 23.9. The van der Waals surface area contributed by atoms with Crippen LogP contribution >= 0.6 is 0 Å². The summed E-state index contributed by atoms with van der Waals surface area (Å²) in [6.07, 6.45) is 0.257. The number of nitrogens with one attached hydrogen (secondary N) is 1. The Morgan fingerprint density at radius 2 is 1.73 bits per heavy atom. The van der Waals surface area contributed by atoms with Gasteiger partial charge < -0.3 is 10.0 Å². The van der Waals surface area contributed by atoms with E-state index in [0.29, 0.717) is 5.82 Å². The van der Waals surface area contributed by atoms with Gasteiger partial charge in [0.15, 0.2) is 0 Å². The first kappa shape index (κ1) is 21.2. The van der Waals surface area contributed by atoms with Crippen molar-refractivity contribution < 1.29 is 14.7 Å². The van der Waals surface area contributed by atoms with Gasteiger partial charge in [-0.25, -0.2) is 4.79 Å². The van der Waals surface area contributed by atoms with Gasteiger partial charge in [-0.3, -0.25) is 4.79 Å². The first-order valence-electron chi connectivity index (χ1n) is 9.86. The highest BCUT2D eigenvalue weighted by atomic mass is 16.4. The van der Waals surface area contributed by atoms with Gasteiger partial charge in [0.1, 0.15) is 6.04 Å². The molecule has 0 radical (unpaired) electrons. The van der Waals surface area contributed by atoms with Crippen LogP contribution in [0.4, 0.5) is 0 Å². The Hall–Kier alpha value is -3.55. The molecule has 0 aliphatic carbocycles. The molecule has 0 unspecified atom stereocenters. The minimum atomic E-state index is -0.988. The molecule has 156 valence electrons. The van der Waals surface area contributed by atoms with E-state index in [1.165, 1.54) is 4.90 Å². The van der Waals surface area contributed by atoms with Crippen LogP contribution in [-0.2, 0) is 16.1 Å². The molecule has 0 bridgehead atoms. The molecule has 2 N–H and O–H groups in total. The highest BCUT2D eigenvalue weighted by Crippen LogP contribution is 2.30. The van der Waals surface area contributed by atoms with Gasteiger partial charge >= 0.3 is 5.97 Å². The molecule has 3 aromatic rings. The van der Waals surface area contributed by atoms with Crippen LogP contribution in [0.2, 0.25) is 0 Å². The topological polar surface area (TPSA) is 112 Å². The molecule has 8 heteroatoms. The minimum absolute atomic E-state index is 0.178. The highest BCUT2D eigenvalue weighted by molar-refractivity contribution is 5.84. The average molecular weight is 407 g/mol. The quantitative estimate of drug-likeness (QED) is 0.592. The number of rotatable bonds is 8. The van der Waals surface area contributed by atoms with Gasteiger partial charge in [-0.2, -0.15) is 5.21 Å². The van der Waals surface area contributed by atoms with Gasteiger partial charge in [0.25, 0.3) is 0 Å². The largest absolute Gasteiger partial charge is 0.480 e. The summed E-state index contributed by atoms with van der Waals surface area (Å²) in [7, 11) is 0. The molecule has 2 aromatic carbocycles. The van der Waals surface area contributed by atoms with Crippen LogP contribution in [0.1, 0.15) is 32.8 Å². The van der Waals surface area contributed by atoms with Crippen molar-refractivity contribution in [3.8, 4) is 22.5 Å². The number of carboxylic acid groups (broad SMARTS) is 1. The second-order valence-electron chi connectivity index (χ2n) is 7.38. The molecule has 0 aliphatic rings. The van der Waals surface area contributed by atoms with Crippen molar-refractivity contribution in [3.05, 3.63) is 54.1 Å². The Balaban J connectivity index is 1.89. The molecule has 1 atom stereocenters. The van der Waals surface area contributed by atoms with Crippen molar-refractivity contribution in [3.63, 3.8) is 0 Å². The summed E-state index contributed by atoms with van der Waals surface area (Å²) in [5.74, 6) is -0.852. The van der Waals surface area contributed by atoms with E-state index in [2.05, 4.69) is 20.6 Å². The Morgan fingerprint density at radius 1 is 1.07 bits per heavy atom. The molecule has 0 spiro atoms. The molecule has 0 fully saturated rings. The highest BCUT2D eigenvalue weighted by Gasteiger charge is 2.31. The average Bonchev–Trinajstić information content (AvgIpc) is 3.27. The van der Waals surface area contributed by atoms with Crippen molar-refractivity contribution in [1.82, 2.24) is 25.5 Å². The number of aliphatic carboxylic acids is 1. The van der Waals surface area contributed by atoms with Crippen LogP contribution in [-0.4, -0.2) is 48.5 Å². The van der Waals surface area contributed by atoms with Crippen molar-refractivity contribution in [2.45, 2.75) is 39.8 Å². The molecule has 3 rings (SSSR count). The van der Waals surface area contributed by atoms with E-state index in [-0.39, 0.29) is 24.8 Å². The molecule has 8 nitrogen and oxygen atoms in total. The number of aromatic nitrogens is 4. The fourth-order valence-electron chi connectivity index (χ4n) is 3.52. The summed E-state index contributed by atoms with van der Waals surface area (Å²) >= 11 is 0. The maximum atomic E-state index is 12.5. The van der Waals surface area contributed by atoms with Crippen molar-refractivity contribution >= 4 is 11.9 Å². The number of benzene rings is 2.